The number of nitrogens with two attached hydrogens (primary N) is 1. The summed E-state index contributed by atoms with van der Waals surface area (Å²) < 4.78 is 1.20. The Bertz CT molecular complexity index is 310. The van der Waals surface area contributed by atoms with Crippen LogP contribution in [0.15, 0.2) is 15.9 Å². The second kappa shape index (κ2) is 5.68. The van der Waals surface area contributed by atoms with Crippen LogP contribution in [0.1, 0.15) is 10.9 Å². The molecule has 84 valence electrons. The van der Waals surface area contributed by atoms with Crippen molar-refractivity contribution >= 4 is 39.0 Å². The molecule has 1 atom stereocenters. The predicted octanol–water partition coefficient (Wildman–Crippen LogP) is 2.56. The lowest BCUT2D eigenvalue weighted by Crippen LogP contribution is -2.39. The van der Waals surface area contributed by atoms with E-state index in [1.54, 1.807) is 11.3 Å². The SMILES string of the molecule is NCC(c1ccc(Br)s1)N1CCSCC1. The van der Waals surface area contributed by atoms with Gasteiger partial charge in [-0.1, -0.05) is 0 Å². The number of hydrogen-bond donors (Lipinski definition) is 1. The van der Waals surface area contributed by atoms with Gasteiger partial charge in [0.25, 0.3) is 0 Å². The molecule has 2 N–H and O–H groups in total. The molecular formula is C10H15BrN2S2. The van der Waals surface area contributed by atoms with E-state index in [0.29, 0.717) is 6.04 Å². The van der Waals surface area contributed by atoms with Gasteiger partial charge >= 0.3 is 0 Å². The second-order valence-corrected chi connectivity index (χ2v) is 7.26. The first-order chi connectivity index (χ1) is 7.31. The molecule has 1 aliphatic heterocycles. The summed E-state index contributed by atoms with van der Waals surface area (Å²) in [5, 5.41) is 0. The summed E-state index contributed by atoms with van der Waals surface area (Å²) in [6.45, 7) is 3.06. The molecule has 0 amide bonds. The molecule has 1 aromatic heterocycles. The molecule has 2 heterocycles. The standard InChI is InChI=1S/C10H15BrN2S2/c11-10-2-1-9(15-10)8(7-12)13-3-5-14-6-4-13/h1-2,8H,3-7,12H2. The zero-order chi connectivity index (χ0) is 10.7. The van der Waals surface area contributed by atoms with Crippen LogP contribution in [0, 0.1) is 0 Å². The van der Waals surface area contributed by atoms with Gasteiger partial charge in [-0.15, -0.1) is 11.3 Å². The Morgan fingerprint density at radius 3 is 2.67 bits per heavy atom. The van der Waals surface area contributed by atoms with Crippen molar-refractivity contribution < 1.29 is 0 Å². The number of rotatable bonds is 3. The third kappa shape index (κ3) is 2.97. The van der Waals surface area contributed by atoms with Gasteiger partial charge in [-0.05, 0) is 28.1 Å². The van der Waals surface area contributed by atoms with Gasteiger partial charge in [0.05, 0.1) is 9.83 Å². The van der Waals surface area contributed by atoms with E-state index in [4.69, 9.17) is 5.73 Å². The molecule has 1 fully saturated rings. The van der Waals surface area contributed by atoms with E-state index in [2.05, 4.69) is 33.0 Å². The Labute approximate surface area is 107 Å². The summed E-state index contributed by atoms with van der Waals surface area (Å²) >= 11 is 7.35. The smallest absolute Gasteiger partial charge is 0.0702 e. The molecule has 0 bridgehead atoms. The number of nitrogens with zero attached hydrogens (tertiary/aromatic N) is 1. The summed E-state index contributed by atoms with van der Waals surface area (Å²) in [6.07, 6.45) is 0. The molecule has 0 aromatic carbocycles. The van der Waals surface area contributed by atoms with Crippen molar-refractivity contribution in [2.45, 2.75) is 6.04 Å². The molecule has 1 saturated heterocycles. The van der Waals surface area contributed by atoms with Gasteiger partial charge < -0.3 is 5.73 Å². The monoisotopic (exact) mass is 306 g/mol. The molecule has 5 heteroatoms. The van der Waals surface area contributed by atoms with E-state index in [1.165, 1.54) is 33.3 Å². The van der Waals surface area contributed by atoms with E-state index in [0.717, 1.165) is 6.54 Å². The number of thiophene rings is 1. The van der Waals surface area contributed by atoms with Crippen molar-refractivity contribution in [3.05, 3.63) is 20.8 Å². The molecule has 1 aromatic rings. The largest absolute Gasteiger partial charge is 0.329 e. The summed E-state index contributed by atoms with van der Waals surface area (Å²) in [7, 11) is 0. The number of thioether (sulfide) groups is 1. The molecule has 0 radical (unpaired) electrons. The maximum absolute atomic E-state index is 5.89. The Hall–Kier alpha value is 0.450. The summed E-state index contributed by atoms with van der Waals surface area (Å²) in [4.78, 5) is 3.89. The summed E-state index contributed by atoms with van der Waals surface area (Å²) in [5.74, 6) is 2.48. The maximum atomic E-state index is 5.89. The lowest BCUT2D eigenvalue weighted by molar-refractivity contribution is 0.226. The zero-order valence-corrected chi connectivity index (χ0v) is 11.7. The average molecular weight is 307 g/mol. The van der Waals surface area contributed by atoms with Crippen molar-refractivity contribution in [2.75, 3.05) is 31.1 Å². The van der Waals surface area contributed by atoms with E-state index >= 15 is 0 Å². The van der Waals surface area contributed by atoms with Crippen LogP contribution >= 0.6 is 39.0 Å². The number of hydrogen-bond acceptors (Lipinski definition) is 4. The minimum Gasteiger partial charge on any atom is -0.329 e. The van der Waals surface area contributed by atoms with Crippen LogP contribution in [-0.4, -0.2) is 36.0 Å². The third-order valence-corrected chi connectivity index (χ3v) is 5.30. The van der Waals surface area contributed by atoms with Crippen molar-refractivity contribution in [3.8, 4) is 0 Å². The molecule has 0 saturated carbocycles. The van der Waals surface area contributed by atoms with Gasteiger partial charge in [-0.25, -0.2) is 0 Å². The first kappa shape index (κ1) is 11.9. The summed E-state index contributed by atoms with van der Waals surface area (Å²) in [6, 6.07) is 4.72. The fourth-order valence-electron chi connectivity index (χ4n) is 1.84. The highest BCUT2D eigenvalue weighted by Crippen LogP contribution is 2.31. The predicted molar refractivity (Wildman–Crippen MR) is 72.7 cm³/mol. The fourth-order valence-corrected chi connectivity index (χ4v) is 4.34. The van der Waals surface area contributed by atoms with Crippen LogP contribution in [0.3, 0.4) is 0 Å². The van der Waals surface area contributed by atoms with Crippen molar-refractivity contribution in [1.82, 2.24) is 4.90 Å². The van der Waals surface area contributed by atoms with Crippen LogP contribution in [0.5, 0.6) is 0 Å². The highest BCUT2D eigenvalue weighted by molar-refractivity contribution is 9.11. The van der Waals surface area contributed by atoms with Gasteiger partial charge in [0.15, 0.2) is 0 Å². The average Bonchev–Trinajstić information content (AvgIpc) is 2.68. The first-order valence-corrected chi connectivity index (χ1v) is 7.85. The van der Waals surface area contributed by atoms with Crippen LogP contribution in [0.4, 0.5) is 0 Å². The first-order valence-electron chi connectivity index (χ1n) is 5.08. The van der Waals surface area contributed by atoms with Gasteiger partial charge in [-0.3, -0.25) is 4.90 Å². The zero-order valence-electron chi connectivity index (χ0n) is 8.49. The van der Waals surface area contributed by atoms with Crippen LogP contribution in [0.2, 0.25) is 0 Å². The quantitative estimate of drug-likeness (QED) is 0.930. The van der Waals surface area contributed by atoms with Crippen LogP contribution < -0.4 is 5.73 Å². The lowest BCUT2D eigenvalue weighted by Gasteiger charge is -2.33. The van der Waals surface area contributed by atoms with Gasteiger partial charge in [-0.2, -0.15) is 11.8 Å². The number of halogens is 1. The van der Waals surface area contributed by atoms with Crippen LogP contribution in [-0.2, 0) is 0 Å². The molecule has 2 nitrogen and oxygen atoms in total. The maximum Gasteiger partial charge on any atom is 0.0702 e. The minimum absolute atomic E-state index is 0.419. The van der Waals surface area contributed by atoms with Crippen molar-refractivity contribution in [1.29, 1.82) is 0 Å². The minimum atomic E-state index is 0.419. The topological polar surface area (TPSA) is 29.3 Å². The highest BCUT2D eigenvalue weighted by atomic mass is 79.9. The van der Waals surface area contributed by atoms with Crippen molar-refractivity contribution in [2.24, 2.45) is 5.73 Å². The molecule has 2 rings (SSSR count). The lowest BCUT2D eigenvalue weighted by atomic mass is 10.2. The van der Waals surface area contributed by atoms with Crippen molar-refractivity contribution in [3.63, 3.8) is 0 Å². The van der Waals surface area contributed by atoms with Gasteiger partial charge in [0, 0.05) is 36.0 Å². The normalized spacial score (nSPS) is 20.4. The molecular weight excluding hydrogens is 292 g/mol. The second-order valence-electron chi connectivity index (χ2n) is 3.54. The highest BCUT2D eigenvalue weighted by Gasteiger charge is 2.22. The molecule has 15 heavy (non-hydrogen) atoms. The Kier molecular flexibility index (Phi) is 4.52. The van der Waals surface area contributed by atoms with Gasteiger partial charge in [0.2, 0.25) is 0 Å². The third-order valence-electron chi connectivity index (χ3n) is 2.63. The molecule has 1 unspecified atom stereocenters. The Morgan fingerprint density at radius 1 is 1.40 bits per heavy atom. The summed E-state index contributed by atoms with van der Waals surface area (Å²) in [5.41, 5.74) is 5.89. The molecule has 0 aliphatic carbocycles. The van der Waals surface area contributed by atoms with E-state index < -0.39 is 0 Å². The molecule has 1 aliphatic rings. The molecule has 0 spiro atoms. The van der Waals surface area contributed by atoms with Crippen LogP contribution in [0.25, 0.3) is 0 Å². The Morgan fingerprint density at radius 2 is 2.13 bits per heavy atom. The Balaban J connectivity index is 2.08. The van der Waals surface area contributed by atoms with E-state index in [9.17, 15) is 0 Å². The van der Waals surface area contributed by atoms with E-state index in [1.807, 2.05) is 11.8 Å². The van der Waals surface area contributed by atoms with Gasteiger partial charge in [0.1, 0.15) is 0 Å². The fraction of sp³-hybridized carbons (Fsp3) is 0.600. The van der Waals surface area contributed by atoms with E-state index in [-0.39, 0.29) is 0 Å².